The van der Waals surface area contributed by atoms with Gasteiger partial charge in [-0.15, -0.1) is 4.40 Å². The molecule has 1 aliphatic rings. The van der Waals surface area contributed by atoms with Crippen molar-refractivity contribution >= 4 is 33.2 Å². The lowest BCUT2D eigenvalue weighted by atomic mass is 10.0. The lowest BCUT2D eigenvalue weighted by molar-refractivity contribution is 0.596. The quantitative estimate of drug-likeness (QED) is 0.813. The van der Waals surface area contributed by atoms with E-state index in [1.165, 1.54) is 7.05 Å². The molecule has 1 heterocycles. The van der Waals surface area contributed by atoms with Crippen LogP contribution in [-0.2, 0) is 10.2 Å². The minimum Gasteiger partial charge on any atom is -0.254 e. The molecule has 1 aliphatic heterocycles. The molecule has 20 heavy (non-hydrogen) atoms. The van der Waals surface area contributed by atoms with Gasteiger partial charge in [-0.05, 0) is 18.2 Å². The highest BCUT2D eigenvalue weighted by Crippen LogP contribution is 2.32. The number of benzene rings is 2. The van der Waals surface area contributed by atoms with E-state index >= 15 is 0 Å². The molecule has 0 saturated carbocycles. The summed E-state index contributed by atoms with van der Waals surface area (Å²) in [5.41, 5.74) is 2.44. The van der Waals surface area contributed by atoms with Crippen molar-refractivity contribution in [1.82, 2.24) is 0 Å². The molecule has 2 aromatic rings. The maximum absolute atomic E-state index is 12.1. The third kappa shape index (κ3) is 2.09. The molecule has 0 aromatic heterocycles. The summed E-state index contributed by atoms with van der Waals surface area (Å²) in [6.07, 6.45) is 0. The number of fused-ring (bicyclic) bond motifs is 1. The second-order valence-electron chi connectivity index (χ2n) is 4.41. The molecule has 0 saturated heterocycles. The molecule has 6 heteroatoms. The molecule has 3 rings (SSSR count). The lowest BCUT2D eigenvalue weighted by Crippen LogP contribution is -2.31. The van der Waals surface area contributed by atoms with E-state index in [0.717, 1.165) is 9.87 Å². The number of rotatable bonds is 1. The molecule has 2 aromatic carbocycles. The number of hydrogen-bond donors (Lipinski definition) is 0. The SMILES string of the molecule is CN1c2ccc(Cl)cc2C(c2ccccc2)=NS1(=O)=O. The number of hydrogen-bond acceptors (Lipinski definition) is 2. The predicted molar refractivity (Wildman–Crippen MR) is 80.9 cm³/mol. The predicted octanol–water partition coefficient (Wildman–Crippen LogP) is 2.87. The van der Waals surface area contributed by atoms with E-state index in [-0.39, 0.29) is 0 Å². The monoisotopic (exact) mass is 306 g/mol. The fourth-order valence-electron chi connectivity index (χ4n) is 2.13. The fourth-order valence-corrected chi connectivity index (χ4v) is 3.26. The molecule has 0 unspecified atom stereocenters. The van der Waals surface area contributed by atoms with Crippen molar-refractivity contribution in [2.24, 2.45) is 4.40 Å². The molecule has 0 N–H and O–H groups in total. The Morgan fingerprint density at radius 3 is 2.50 bits per heavy atom. The maximum atomic E-state index is 12.1. The van der Waals surface area contributed by atoms with Crippen LogP contribution >= 0.6 is 11.6 Å². The molecule has 0 amide bonds. The molecule has 0 radical (unpaired) electrons. The molecule has 0 bridgehead atoms. The van der Waals surface area contributed by atoms with Crippen molar-refractivity contribution in [3.8, 4) is 0 Å². The minimum atomic E-state index is -3.71. The van der Waals surface area contributed by atoms with E-state index in [0.29, 0.717) is 22.0 Å². The summed E-state index contributed by atoms with van der Waals surface area (Å²) in [5, 5.41) is 0.542. The lowest BCUT2D eigenvalue weighted by Gasteiger charge is -2.25. The average molecular weight is 307 g/mol. The van der Waals surface area contributed by atoms with Gasteiger partial charge in [0.15, 0.2) is 0 Å². The molecule has 0 fully saturated rings. The molecular formula is C14H11ClN2O2S. The van der Waals surface area contributed by atoms with E-state index in [4.69, 9.17) is 11.6 Å². The smallest absolute Gasteiger partial charge is 0.254 e. The van der Waals surface area contributed by atoms with Crippen LogP contribution in [0.5, 0.6) is 0 Å². The van der Waals surface area contributed by atoms with Crippen LogP contribution in [0.1, 0.15) is 11.1 Å². The Morgan fingerprint density at radius 2 is 1.80 bits per heavy atom. The van der Waals surface area contributed by atoms with Gasteiger partial charge >= 0.3 is 10.2 Å². The van der Waals surface area contributed by atoms with Crippen LogP contribution in [0.3, 0.4) is 0 Å². The third-order valence-corrected chi connectivity index (χ3v) is 4.69. The Morgan fingerprint density at radius 1 is 1.10 bits per heavy atom. The van der Waals surface area contributed by atoms with Crippen LogP contribution in [-0.4, -0.2) is 21.2 Å². The van der Waals surface area contributed by atoms with Gasteiger partial charge in [0.1, 0.15) is 0 Å². The Bertz CT molecular complexity index is 801. The maximum Gasteiger partial charge on any atom is 0.345 e. The first-order valence-corrected chi connectivity index (χ1v) is 7.71. The number of nitrogens with zero attached hydrogens (tertiary/aromatic N) is 2. The van der Waals surface area contributed by atoms with Crippen molar-refractivity contribution in [2.45, 2.75) is 0 Å². The van der Waals surface area contributed by atoms with Gasteiger partial charge in [0.25, 0.3) is 0 Å². The highest BCUT2D eigenvalue weighted by molar-refractivity contribution is 7.91. The Hall–Kier alpha value is -1.85. The summed E-state index contributed by atoms with van der Waals surface area (Å²) in [4.78, 5) is 0. The first kappa shape index (κ1) is 13.1. The summed E-state index contributed by atoms with van der Waals surface area (Å²) >= 11 is 6.03. The van der Waals surface area contributed by atoms with Crippen molar-refractivity contribution in [1.29, 1.82) is 0 Å². The number of halogens is 1. The van der Waals surface area contributed by atoms with Gasteiger partial charge < -0.3 is 0 Å². The summed E-state index contributed by atoms with van der Waals surface area (Å²) in [5.74, 6) is 0. The summed E-state index contributed by atoms with van der Waals surface area (Å²) in [6.45, 7) is 0. The van der Waals surface area contributed by atoms with Crippen molar-refractivity contribution in [2.75, 3.05) is 11.4 Å². The first-order chi connectivity index (χ1) is 9.49. The van der Waals surface area contributed by atoms with E-state index in [9.17, 15) is 8.42 Å². The van der Waals surface area contributed by atoms with Crippen molar-refractivity contribution in [3.63, 3.8) is 0 Å². The van der Waals surface area contributed by atoms with Crippen LogP contribution < -0.4 is 4.31 Å². The zero-order chi connectivity index (χ0) is 14.3. The molecule has 102 valence electrons. The second-order valence-corrected chi connectivity index (χ2v) is 6.48. The van der Waals surface area contributed by atoms with Gasteiger partial charge in [0.05, 0.1) is 11.4 Å². The van der Waals surface area contributed by atoms with Crippen molar-refractivity contribution in [3.05, 3.63) is 64.7 Å². The zero-order valence-corrected chi connectivity index (χ0v) is 12.2. The summed E-state index contributed by atoms with van der Waals surface area (Å²) < 4.78 is 29.3. The topological polar surface area (TPSA) is 49.7 Å². The minimum absolute atomic E-state index is 0.418. The van der Waals surface area contributed by atoms with E-state index < -0.39 is 10.2 Å². The molecule has 0 atom stereocenters. The zero-order valence-electron chi connectivity index (χ0n) is 10.6. The van der Waals surface area contributed by atoms with Gasteiger partial charge in [-0.25, -0.2) is 0 Å². The fraction of sp³-hybridized carbons (Fsp3) is 0.0714. The van der Waals surface area contributed by atoms with E-state index in [2.05, 4.69) is 4.40 Å². The third-order valence-electron chi connectivity index (χ3n) is 3.15. The van der Waals surface area contributed by atoms with Gasteiger partial charge in [-0.1, -0.05) is 41.9 Å². The van der Waals surface area contributed by atoms with E-state index in [1.807, 2.05) is 30.3 Å². The van der Waals surface area contributed by atoms with Gasteiger partial charge in [-0.2, -0.15) is 8.42 Å². The Kier molecular flexibility index (Phi) is 3.03. The summed E-state index contributed by atoms with van der Waals surface area (Å²) in [7, 11) is -2.23. The van der Waals surface area contributed by atoms with Gasteiger partial charge in [0, 0.05) is 23.2 Å². The largest absolute Gasteiger partial charge is 0.345 e. The highest BCUT2D eigenvalue weighted by Gasteiger charge is 2.29. The van der Waals surface area contributed by atoms with E-state index in [1.54, 1.807) is 18.2 Å². The van der Waals surface area contributed by atoms with Crippen LogP contribution in [0.2, 0.25) is 5.02 Å². The van der Waals surface area contributed by atoms with Gasteiger partial charge in [0.2, 0.25) is 0 Å². The normalized spacial score (nSPS) is 16.5. The Labute approximate surface area is 122 Å². The molecular weight excluding hydrogens is 296 g/mol. The van der Waals surface area contributed by atoms with Crippen molar-refractivity contribution < 1.29 is 8.42 Å². The average Bonchev–Trinajstić information content (AvgIpc) is 2.44. The summed E-state index contributed by atoms with van der Waals surface area (Å²) in [6, 6.07) is 14.3. The second kappa shape index (κ2) is 4.61. The van der Waals surface area contributed by atoms with Crippen LogP contribution in [0.15, 0.2) is 52.9 Å². The Balaban J connectivity index is 2.31. The van der Waals surface area contributed by atoms with Crippen LogP contribution in [0, 0.1) is 0 Å². The van der Waals surface area contributed by atoms with Crippen LogP contribution in [0.4, 0.5) is 5.69 Å². The van der Waals surface area contributed by atoms with Crippen LogP contribution in [0.25, 0.3) is 0 Å². The molecule has 0 aliphatic carbocycles. The standard InChI is InChI=1S/C14H11ClN2O2S/c1-17-13-8-7-11(15)9-12(13)14(16-20(17,18)19)10-5-3-2-4-6-10/h2-9H,1H3. The van der Waals surface area contributed by atoms with Gasteiger partial charge in [-0.3, -0.25) is 4.31 Å². The first-order valence-electron chi connectivity index (χ1n) is 5.93. The number of anilines is 1. The molecule has 4 nitrogen and oxygen atoms in total. The highest BCUT2D eigenvalue weighted by atomic mass is 35.5. The molecule has 0 spiro atoms.